The molecular formula is C17H17N5O2. The molecule has 0 bridgehead atoms. The number of carbonyl (C=O) groups is 1. The Balaban J connectivity index is 1.68. The van der Waals surface area contributed by atoms with Crippen LogP contribution in [0, 0.1) is 6.92 Å². The summed E-state index contributed by atoms with van der Waals surface area (Å²) in [6.45, 7) is 2.92. The molecule has 122 valence electrons. The SMILES string of the molecule is Cc1ccc(C(=O)N2CCc3ncnc(-c4cnn(C)c4)c3C2)o1. The molecule has 0 aromatic carbocycles. The molecule has 4 heterocycles. The van der Waals surface area contributed by atoms with E-state index in [0.29, 0.717) is 25.3 Å². The second-order valence-electron chi connectivity index (χ2n) is 5.94. The van der Waals surface area contributed by atoms with Gasteiger partial charge in [0.05, 0.1) is 24.1 Å². The number of nitrogens with zero attached hydrogens (tertiary/aromatic N) is 5. The topological polar surface area (TPSA) is 77.1 Å². The highest BCUT2D eigenvalue weighted by Gasteiger charge is 2.27. The first kappa shape index (κ1) is 14.6. The van der Waals surface area contributed by atoms with Crippen molar-refractivity contribution in [1.82, 2.24) is 24.6 Å². The van der Waals surface area contributed by atoms with Gasteiger partial charge in [-0.05, 0) is 19.1 Å². The normalized spacial score (nSPS) is 13.8. The van der Waals surface area contributed by atoms with Gasteiger partial charge in [0.2, 0.25) is 0 Å². The summed E-state index contributed by atoms with van der Waals surface area (Å²) in [6, 6.07) is 3.52. The van der Waals surface area contributed by atoms with E-state index in [0.717, 1.165) is 28.3 Å². The van der Waals surface area contributed by atoms with Crippen LogP contribution in [0.2, 0.25) is 0 Å². The van der Waals surface area contributed by atoms with Crippen molar-refractivity contribution < 1.29 is 9.21 Å². The summed E-state index contributed by atoms with van der Waals surface area (Å²) in [5, 5.41) is 4.21. The Labute approximate surface area is 138 Å². The molecule has 1 aliphatic heterocycles. The number of carbonyl (C=O) groups excluding carboxylic acids is 1. The molecule has 0 N–H and O–H groups in total. The molecule has 7 nitrogen and oxygen atoms in total. The maximum Gasteiger partial charge on any atom is 0.289 e. The number of amides is 1. The maximum atomic E-state index is 12.6. The summed E-state index contributed by atoms with van der Waals surface area (Å²) in [7, 11) is 1.87. The van der Waals surface area contributed by atoms with Crippen LogP contribution in [-0.2, 0) is 20.0 Å². The Morgan fingerprint density at radius 2 is 2.17 bits per heavy atom. The zero-order valence-corrected chi connectivity index (χ0v) is 13.6. The number of fused-ring (bicyclic) bond motifs is 1. The van der Waals surface area contributed by atoms with E-state index in [9.17, 15) is 4.79 Å². The van der Waals surface area contributed by atoms with Gasteiger partial charge < -0.3 is 9.32 Å². The summed E-state index contributed by atoms with van der Waals surface area (Å²) >= 11 is 0. The Morgan fingerprint density at radius 1 is 1.29 bits per heavy atom. The Bertz CT molecular complexity index is 911. The van der Waals surface area contributed by atoms with Crippen LogP contribution in [0.15, 0.2) is 35.3 Å². The first-order valence-corrected chi connectivity index (χ1v) is 7.79. The average Bonchev–Trinajstić information content (AvgIpc) is 3.21. The molecule has 3 aromatic heterocycles. The fourth-order valence-corrected chi connectivity index (χ4v) is 3.01. The molecule has 24 heavy (non-hydrogen) atoms. The minimum Gasteiger partial charge on any atom is -0.456 e. The fraction of sp³-hybridized carbons (Fsp3) is 0.294. The molecule has 0 spiro atoms. The van der Waals surface area contributed by atoms with Crippen molar-refractivity contribution in [3.63, 3.8) is 0 Å². The highest BCUT2D eigenvalue weighted by Crippen LogP contribution is 2.27. The Kier molecular flexibility index (Phi) is 3.41. The molecule has 1 aliphatic rings. The van der Waals surface area contributed by atoms with Gasteiger partial charge in [-0.15, -0.1) is 0 Å². The van der Waals surface area contributed by atoms with Crippen molar-refractivity contribution in [2.45, 2.75) is 19.9 Å². The van der Waals surface area contributed by atoms with E-state index in [2.05, 4.69) is 15.1 Å². The number of furan rings is 1. The minimum absolute atomic E-state index is 0.102. The van der Waals surface area contributed by atoms with Crippen LogP contribution in [0.25, 0.3) is 11.3 Å². The number of hydrogen-bond donors (Lipinski definition) is 0. The smallest absolute Gasteiger partial charge is 0.289 e. The maximum absolute atomic E-state index is 12.6. The van der Waals surface area contributed by atoms with Crippen LogP contribution < -0.4 is 0 Å². The molecule has 3 aromatic rings. The molecular weight excluding hydrogens is 306 g/mol. The van der Waals surface area contributed by atoms with Crippen LogP contribution in [0.5, 0.6) is 0 Å². The monoisotopic (exact) mass is 323 g/mol. The van der Waals surface area contributed by atoms with Gasteiger partial charge >= 0.3 is 0 Å². The van der Waals surface area contributed by atoms with Gasteiger partial charge in [-0.1, -0.05) is 0 Å². The number of aromatic nitrogens is 4. The van der Waals surface area contributed by atoms with Gasteiger partial charge in [0.25, 0.3) is 5.91 Å². The highest BCUT2D eigenvalue weighted by molar-refractivity contribution is 5.91. The average molecular weight is 323 g/mol. The summed E-state index contributed by atoms with van der Waals surface area (Å²) in [6.07, 6.45) is 5.98. The summed E-state index contributed by atoms with van der Waals surface area (Å²) in [5.41, 5.74) is 3.73. The van der Waals surface area contributed by atoms with Crippen molar-refractivity contribution >= 4 is 5.91 Å². The molecule has 0 atom stereocenters. The quantitative estimate of drug-likeness (QED) is 0.720. The predicted octanol–water partition coefficient (Wildman–Crippen LogP) is 1.98. The van der Waals surface area contributed by atoms with Gasteiger partial charge in [-0.25, -0.2) is 9.97 Å². The van der Waals surface area contributed by atoms with E-state index < -0.39 is 0 Å². The van der Waals surface area contributed by atoms with E-state index in [-0.39, 0.29) is 5.91 Å². The zero-order chi connectivity index (χ0) is 16.7. The molecule has 4 rings (SSSR count). The number of hydrogen-bond acceptors (Lipinski definition) is 5. The summed E-state index contributed by atoms with van der Waals surface area (Å²) < 4.78 is 7.21. The first-order valence-electron chi connectivity index (χ1n) is 7.79. The van der Waals surface area contributed by atoms with Crippen LogP contribution in [-0.4, -0.2) is 37.1 Å². The lowest BCUT2D eigenvalue weighted by atomic mass is 10.0. The van der Waals surface area contributed by atoms with Crippen molar-refractivity contribution in [2.24, 2.45) is 7.05 Å². The predicted molar refractivity (Wildman–Crippen MR) is 86.1 cm³/mol. The Hall–Kier alpha value is -2.96. The standard InChI is InChI=1S/C17H17N5O2/c1-11-3-4-15(24-11)17(23)22-6-5-14-13(9-22)16(19-10-18-14)12-7-20-21(2)8-12/h3-4,7-8,10H,5-6,9H2,1-2H3. The highest BCUT2D eigenvalue weighted by atomic mass is 16.3. The lowest BCUT2D eigenvalue weighted by Gasteiger charge is -2.28. The van der Waals surface area contributed by atoms with E-state index in [1.54, 1.807) is 34.2 Å². The van der Waals surface area contributed by atoms with Gasteiger partial charge in [-0.3, -0.25) is 9.48 Å². The van der Waals surface area contributed by atoms with Gasteiger partial charge in [-0.2, -0.15) is 5.10 Å². The molecule has 0 saturated heterocycles. The van der Waals surface area contributed by atoms with E-state index in [4.69, 9.17) is 4.42 Å². The fourth-order valence-electron chi connectivity index (χ4n) is 3.01. The number of aryl methyl sites for hydroxylation is 2. The summed E-state index contributed by atoms with van der Waals surface area (Å²) in [4.78, 5) is 23.2. The lowest BCUT2D eigenvalue weighted by molar-refractivity contribution is 0.0700. The Morgan fingerprint density at radius 3 is 2.88 bits per heavy atom. The van der Waals surface area contributed by atoms with E-state index in [1.165, 1.54) is 0 Å². The summed E-state index contributed by atoms with van der Waals surface area (Å²) in [5.74, 6) is 1.00. The van der Waals surface area contributed by atoms with Crippen LogP contribution in [0.3, 0.4) is 0 Å². The zero-order valence-electron chi connectivity index (χ0n) is 13.6. The van der Waals surface area contributed by atoms with Crippen LogP contribution in [0.1, 0.15) is 27.6 Å². The van der Waals surface area contributed by atoms with Crippen molar-refractivity contribution in [1.29, 1.82) is 0 Å². The number of rotatable bonds is 2. The van der Waals surface area contributed by atoms with Gasteiger partial charge in [0, 0.05) is 37.3 Å². The second kappa shape index (κ2) is 5.59. The van der Waals surface area contributed by atoms with Crippen LogP contribution >= 0.6 is 0 Å². The third-order valence-electron chi connectivity index (χ3n) is 4.22. The molecule has 0 saturated carbocycles. The van der Waals surface area contributed by atoms with Gasteiger partial charge in [0.15, 0.2) is 5.76 Å². The molecule has 0 unspecified atom stereocenters. The van der Waals surface area contributed by atoms with E-state index in [1.807, 2.05) is 20.2 Å². The van der Waals surface area contributed by atoms with Crippen molar-refractivity contribution in [3.8, 4) is 11.3 Å². The lowest BCUT2D eigenvalue weighted by Crippen LogP contribution is -2.36. The van der Waals surface area contributed by atoms with E-state index >= 15 is 0 Å². The largest absolute Gasteiger partial charge is 0.456 e. The molecule has 0 radical (unpaired) electrons. The molecule has 7 heteroatoms. The second-order valence-corrected chi connectivity index (χ2v) is 5.94. The first-order chi connectivity index (χ1) is 11.6. The third kappa shape index (κ3) is 2.47. The third-order valence-corrected chi connectivity index (χ3v) is 4.22. The van der Waals surface area contributed by atoms with Crippen molar-refractivity contribution in [2.75, 3.05) is 6.54 Å². The molecule has 1 amide bonds. The van der Waals surface area contributed by atoms with Gasteiger partial charge in [0.1, 0.15) is 12.1 Å². The molecule has 0 fully saturated rings. The minimum atomic E-state index is -0.102. The van der Waals surface area contributed by atoms with Crippen molar-refractivity contribution in [3.05, 3.63) is 53.6 Å². The molecule has 0 aliphatic carbocycles. The van der Waals surface area contributed by atoms with Crippen LogP contribution in [0.4, 0.5) is 0 Å².